The molecule has 0 radical (unpaired) electrons. The van der Waals surface area contributed by atoms with Gasteiger partial charge in [-0.05, 0) is 112 Å². The third-order valence-electron chi connectivity index (χ3n) is 22.4. The average Bonchev–Trinajstić information content (AvgIpc) is 1.45. The van der Waals surface area contributed by atoms with Crippen LogP contribution in [-0.2, 0) is 21.7 Å². The predicted molar refractivity (Wildman–Crippen MR) is 451 cm³/mol. The van der Waals surface area contributed by atoms with Crippen LogP contribution in [0.3, 0.4) is 0 Å². The highest BCUT2D eigenvalue weighted by Gasteiger charge is 2.55. The van der Waals surface area contributed by atoms with Crippen LogP contribution in [0.2, 0.25) is 5.02 Å². The van der Waals surface area contributed by atoms with Gasteiger partial charge < -0.3 is 10.0 Å². The molecule has 8 nitrogen and oxygen atoms in total. The number of nitrogens with zero attached hydrogens (tertiary/aromatic N) is 6. The van der Waals surface area contributed by atoms with Gasteiger partial charge >= 0.3 is 7.12 Å². The van der Waals surface area contributed by atoms with Crippen LogP contribution in [0.25, 0.3) is 102 Å². The lowest BCUT2D eigenvalue weighted by Crippen LogP contribution is -2.40. The molecule has 0 amide bonds. The van der Waals surface area contributed by atoms with Gasteiger partial charge in [0.15, 0.2) is 34.9 Å². The zero-order chi connectivity index (χ0) is 73.3. The lowest BCUT2D eigenvalue weighted by atomic mass is 9.55. The maximum atomic E-state index is 9.46. The van der Waals surface area contributed by atoms with Crippen molar-refractivity contribution in [2.45, 2.75) is 64.2 Å². The summed E-state index contributed by atoms with van der Waals surface area (Å²) in [4.78, 5) is 28.9. The van der Waals surface area contributed by atoms with Crippen molar-refractivity contribution >= 4 is 24.2 Å². The highest BCUT2D eigenvalue weighted by atomic mass is 35.5. The van der Waals surface area contributed by atoms with E-state index in [1.165, 1.54) is 94.6 Å². The fourth-order valence-electron chi connectivity index (χ4n) is 17.6. The van der Waals surface area contributed by atoms with Gasteiger partial charge in [0.05, 0.1) is 10.8 Å². The predicted octanol–water partition coefficient (Wildman–Crippen LogP) is 22.7. The fraction of sp³-hybridized carbons (Fsp3) is 0.100. The number of benzene rings is 14. The Morgan fingerprint density at radius 1 is 0.236 bits per heavy atom. The lowest BCUT2D eigenvalue weighted by molar-refractivity contribution is 0.426. The van der Waals surface area contributed by atoms with Gasteiger partial charge in [-0.3, -0.25) is 0 Å². The lowest BCUT2D eigenvalue weighted by Gasteiger charge is -2.46. The van der Waals surface area contributed by atoms with Crippen molar-refractivity contribution in [2.24, 2.45) is 0 Å². The molecule has 0 bridgehead atoms. The Morgan fingerprint density at radius 2 is 0.491 bits per heavy atom. The quantitative estimate of drug-likeness (QED) is 0.145. The molecule has 110 heavy (non-hydrogen) atoms. The van der Waals surface area contributed by atoms with Crippen LogP contribution in [-0.4, -0.2) is 47.1 Å². The molecule has 0 saturated heterocycles. The van der Waals surface area contributed by atoms with Crippen LogP contribution in [0.4, 0.5) is 0 Å². The van der Waals surface area contributed by atoms with E-state index in [0.29, 0.717) is 46.0 Å². The van der Waals surface area contributed by atoms with E-state index in [1.54, 1.807) is 18.2 Å². The van der Waals surface area contributed by atoms with Crippen molar-refractivity contribution in [2.75, 3.05) is 0 Å². The summed E-state index contributed by atoms with van der Waals surface area (Å²) in [5.41, 5.74) is 28.3. The molecule has 0 aliphatic heterocycles. The minimum atomic E-state index is -1.55. The van der Waals surface area contributed by atoms with E-state index >= 15 is 0 Å². The van der Waals surface area contributed by atoms with E-state index in [9.17, 15) is 10.0 Å². The minimum absolute atomic E-state index is 0. The Hall–Kier alpha value is -12.6. The van der Waals surface area contributed by atoms with Gasteiger partial charge in [-0.2, -0.15) is 0 Å². The van der Waals surface area contributed by atoms with E-state index in [4.69, 9.17) is 26.6 Å². The largest absolute Gasteiger partial charge is 0.488 e. The van der Waals surface area contributed by atoms with Gasteiger partial charge in [0, 0.05) is 54.8 Å². The third-order valence-corrected chi connectivity index (χ3v) is 22.7. The maximum Gasteiger partial charge on any atom is 0.488 e. The molecule has 10 heteroatoms. The molecular formula is C100H80BClN6O2. The highest BCUT2D eigenvalue weighted by Crippen LogP contribution is 2.65. The topological polar surface area (TPSA) is 118 Å². The Balaban J connectivity index is 0.000000135. The number of hydrogen-bond acceptors (Lipinski definition) is 8. The van der Waals surface area contributed by atoms with Gasteiger partial charge in [-0.25, -0.2) is 29.9 Å². The standard InChI is InChI=1S/C49H35N3.C28H21Cl.C21H16BN3O2.2CH4/c1-48(2)39-26-11-13-28-41(39)49(42-29-14-12-27-40(42)48)38-25-10-9-23-37(38)44-36(24-16-30-43(44)49)34-21-15-22-35(31-34)47-51-45(32-17-5-3-6-18-32)50-46(52-47)33-19-7-4-8-20-33;1-27(2)20-12-5-7-14-22(20)28(23-15-8-6-13-21(23)27)19-11-4-3-10-18(19)26-24(28)16-9-17-25(26)29;26-22(27)18-13-7-12-17(14-18)21-24-19(15-8-3-1-4-9-15)23-20(25-21)16-10-5-2-6-11-16;;/h3-31H,1-2H3;3-17H,1-2H3;1-14,26-27H;2*1H4. The monoisotopic (exact) mass is 1440 g/mol. The van der Waals surface area contributed by atoms with Crippen molar-refractivity contribution in [3.63, 3.8) is 0 Å². The second-order valence-corrected chi connectivity index (χ2v) is 29.5. The van der Waals surface area contributed by atoms with Gasteiger partial charge in [0.1, 0.15) is 0 Å². The molecule has 2 aromatic heterocycles. The Morgan fingerprint density at radius 3 is 0.873 bits per heavy atom. The highest BCUT2D eigenvalue weighted by molar-refractivity contribution is 6.58. The number of halogens is 1. The first-order chi connectivity index (χ1) is 52.8. The first kappa shape index (κ1) is 71.6. The molecule has 4 aliphatic carbocycles. The summed E-state index contributed by atoms with van der Waals surface area (Å²) in [5, 5.41) is 19.8. The van der Waals surface area contributed by atoms with Crippen molar-refractivity contribution in [1.82, 2.24) is 29.9 Å². The van der Waals surface area contributed by atoms with Crippen LogP contribution in [0.1, 0.15) is 109 Å². The summed E-state index contributed by atoms with van der Waals surface area (Å²) < 4.78 is 0. The number of fused-ring (bicyclic) bond motifs is 18. The Bertz CT molecular complexity index is 5930. The molecule has 14 aromatic carbocycles. The van der Waals surface area contributed by atoms with Crippen LogP contribution in [0.15, 0.2) is 352 Å². The second kappa shape index (κ2) is 28.8. The van der Waals surface area contributed by atoms with Crippen LogP contribution >= 0.6 is 11.6 Å². The summed E-state index contributed by atoms with van der Waals surface area (Å²) in [6, 6.07) is 123. The summed E-state index contributed by atoms with van der Waals surface area (Å²) in [6.45, 7) is 9.43. The van der Waals surface area contributed by atoms with E-state index < -0.39 is 12.5 Å². The van der Waals surface area contributed by atoms with Crippen LogP contribution in [0.5, 0.6) is 0 Å². The Kier molecular flexibility index (Phi) is 18.8. The average molecular weight is 1440 g/mol. The summed E-state index contributed by atoms with van der Waals surface area (Å²) in [6.07, 6.45) is 0. The van der Waals surface area contributed by atoms with Crippen LogP contribution < -0.4 is 5.46 Å². The molecule has 16 aromatic rings. The number of hydrogen-bond donors (Lipinski definition) is 2. The minimum Gasteiger partial charge on any atom is -0.423 e. The molecule has 0 fully saturated rings. The zero-order valence-corrected chi connectivity index (χ0v) is 60.8. The van der Waals surface area contributed by atoms with Gasteiger partial charge in [-0.15, -0.1) is 0 Å². The fourth-order valence-corrected chi connectivity index (χ4v) is 17.8. The Labute approximate surface area is 649 Å². The third kappa shape index (κ3) is 11.7. The zero-order valence-electron chi connectivity index (χ0n) is 60.0. The number of aromatic nitrogens is 6. The molecule has 0 saturated carbocycles. The number of rotatable bonds is 8. The smallest absolute Gasteiger partial charge is 0.423 e. The van der Waals surface area contributed by atoms with Crippen molar-refractivity contribution in [3.8, 4) is 102 Å². The van der Waals surface area contributed by atoms with E-state index in [-0.39, 0.29) is 31.1 Å². The first-order valence-electron chi connectivity index (χ1n) is 36.7. The van der Waals surface area contributed by atoms with Crippen molar-refractivity contribution < 1.29 is 10.0 Å². The molecule has 2 heterocycles. The van der Waals surface area contributed by atoms with E-state index in [2.05, 4.69) is 243 Å². The molecule has 4 aliphatic rings. The molecule has 2 N–H and O–H groups in total. The molecule has 532 valence electrons. The van der Waals surface area contributed by atoms with Gasteiger partial charge in [0.2, 0.25) is 0 Å². The molecule has 0 unspecified atom stereocenters. The van der Waals surface area contributed by atoms with Crippen molar-refractivity contribution in [1.29, 1.82) is 0 Å². The molecule has 2 spiro atoms. The second-order valence-electron chi connectivity index (χ2n) is 29.1. The summed E-state index contributed by atoms with van der Waals surface area (Å²) >= 11 is 6.81. The molecule has 20 rings (SSSR count). The van der Waals surface area contributed by atoms with Crippen molar-refractivity contribution in [3.05, 3.63) is 424 Å². The normalized spacial score (nSPS) is 13.7. The molecule has 0 atom stereocenters. The summed E-state index contributed by atoms with van der Waals surface area (Å²) in [5.74, 6) is 3.57. The van der Waals surface area contributed by atoms with Gasteiger partial charge in [-0.1, -0.05) is 394 Å². The SMILES string of the molecule is C.C.CC1(C)c2ccccc2C2(c3ccccc3-c3c(-c4cccc(-c5nc(-c6ccccc6)nc(-c6ccccc6)n5)c4)cccc32)c2ccccc21.CC1(C)c2ccccc2C2(c3ccccc3-c3c(Cl)cccc32)c2ccccc21.OB(O)c1cccc(-c2nc(-c3ccccc3)nc(-c3ccccc3)n2)c1. The summed E-state index contributed by atoms with van der Waals surface area (Å²) in [7, 11) is -1.55. The van der Waals surface area contributed by atoms with Crippen LogP contribution in [0, 0.1) is 0 Å². The van der Waals surface area contributed by atoms with E-state index in [1.807, 2.05) is 133 Å². The van der Waals surface area contributed by atoms with Gasteiger partial charge in [0.25, 0.3) is 0 Å². The maximum absolute atomic E-state index is 9.46. The molecular weight excluding hydrogens is 1360 g/mol. The first-order valence-corrected chi connectivity index (χ1v) is 37.0. The van der Waals surface area contributed by atoms with E-state index in [0.717, 1.165) is 38.4 Å².